The topological polar surface area (TPSA) is 38.4 Å². The van der Waals surface area contributed by atoms with Crippen LogP contribution < -0.4 is 5.73 Å². The van der Waals surface area contributed by atoms with Crippen molar-refractivity contribution in [3.63, 3.8) is 0 Å². The first-order chi connectivity index (χ1) is 10.3. The minimum absolute atomic E-state index is 0.123. The molecule has 116 valence electrons. The fourth-order valence-electron chi connectivity index (χ4n) is 1.24. The van der Waals surface area contributed by atoms with Crippen LogP contribution in [0.25, 0.3) is 0 Å². The number of anilines is 1. The van der Waals surface area contributed by atoms with Gasteiger partial charge in [0.2, 0.25) is 0 Å². The lowest BCUT2D eigenvalue weighted by Crippen LogP contribution is -1.88. The van der Waals surface area contributed by atoms with Crippen molar-refractivity contribution in [1.29, 1.82) is 0 Å². The lowest BCUT2D eigenvalue weighted by Gasteiger charge is -1.99. The summed E-state index contributed by atoms with van der Waals surface area (Å²) in [4.78, 5) is 3.58. The van der Waals surface area contributed by atoms with Crippen molar-refractivity contribution in [3.05, 3.63) is 56.0 Å². The van der Waals surface area contributed by atoms with E-state index in [1.807, 2.05) is 0 Å². The van der Waals surface area contributed by atoms with Gasteiger partial charge in [-0.3, -0.25) is 0 Å². The smallest absolute Gasteiger partial charge is 0.126 e. The largest absolute Gasteiger partial charge is 0.396 e. The van der Waals surface area contributed by atoms with Gasteiger partial charge in [-0.15, -0.1) is 0 Å². The zero-order valence-electron chi connectivity index (χ0n) is 10.5. The molecule has 2 nitrogen and oxygen atoms in total. The summed E-state index contributed by atoms with van der Waals surface area (Å²) < 4.78 is 25.0. The molecular weight excluding hydrogens is 396 g/mol. The Morgan fingerprint density at radius 1 is 0.864 bits per heavy atom. The summed E-state index contributed by atoms with van der Waals surface area (Å²) in [5.74, 6) is -0.988. The molecule has 0 saturated carbocycles. The average molecular weight is 402 g/mol. The molecule has 2 N–H and O–H groups in total. The molecule has 0 fully saturated rings. The summed E-state index contributed by atoms with van der Waals surface area (Å²) in [5, 5.41) is 2.63. The summed E-state index contributed by atoms with van der Waals surface area (Å²) in [6, 6.07) is 4.45. The summed E-state index contributed by atoms with van der Waals surface area (Å²) in [6.07, 6.45) is 0. The molecule has 0 amide bonds. The Hall–Kier alpha value is -0.940. The monoisotopic (exact) mass is 400 g/mol. The van der Waals surface area contributed by atoms with Crippen LogP contribution in [0.15, 0.2) is 29.3 Å². The minimum Gasteiger partial charge on any atom is -0.396 e. The molecule has 0 atom stereocenters. The summed E-state index contributed by atoms with van der Waals surface area (Å²) in [6.45, 7) is 0. The van der Waals surface area contributed by atoms with E-state index in [1.54, 1.807) is 0 Å². The summed E-state index contributed by atoms with van der Waals surface area (Å²) in [5.41, 5.74) is 5.78. The van der Waals surface area contributed by atoms with Crippen LogP contribution in [0.1, 0.15) is 0 Å². The molecule has 0 unspecified atom stereocenters. The van der Waals surface area contributed by atoms with Crippen LogP contribution in [0.5, 0.6) is 0 Å². The SMILES string of the molecule is Fc1cc(Cl)c(N=C=S)c(Cl)c1.Nc1c(Cl)cc(F)cc1Cl. The number of benzene rings is 2. The number of isothiocyanates is 1. The van der Waals surface area contributed by atoms with Crippen molar-refractivity contribution in [2.45, 2.75) is 0 Å². The van der Waals surface area contributed by atoms with Crippen LogP contribution in [0.3, 0.4) is 0 Å². The van der Waals surface area contributed by atoms with E-state index in [4.69, 9.17) is 52.1 Å². The van der Waals surface area contributed by atoms with Gasteiger partial charge in [-0.1, -0.05) is 46.4 Å². The quantitative estimate of drug-likeness (QED) is 0.333. The molecule has 2 rings (SSSR count). The highest BCUT2D eigenvalue weighted by Crippen LogP contribution is 2.33. The van der Waals surface area contributed by atoms with Gasteiger partial charge in [0.1, 0.15) is 17.3 Å². The number of hydrogen-bond acceptors (Lipinski definition) is 3. The van der Waals surface area contributed by atoms with Crippen molar-refractivity contribution in [3.8, 4) is 0 Å². The van der Waals surface area contributed by atoms with Gasteiger partial charge in [0.15, 0.2) is 0 Å². The first-order valence-corrected chi connectivity index (χ1v) is 7.30. The van der Waals surface area contributed by atoms with E-state index in [-0.39, 0.29) is 31.5 Å². The predicted molar refractivity (Wildman–Crippen MR) is 91.9 cm³/mol. The number of hydrogen-bond donors (Lipinski definition) is 1. The van der Waals surface area contributed by atoms with Gasteiger partial charge in [-0.2, -0.15) is 4.99 Å². The fourth-order valence-corrected chi connectivity index (χ4v) is 2.34. The van der Waals surface area contributed by atoms with Crippen molar-refractivity contribution < 1.29 is 8.78 Å². The highest BCUT2D eigenvalue weighted by Gasteiger charge is 2.06. The van der Waals surface area contributed by atoms with E-state index in [9.17, 15) is 8.78 Å². The van der Waals surface area contributed by atoms with Crippen LogP contribution >= 0.6 is 58.6 Å². The second-order valence-electron chi connectivity index (χ2n) is 3.70. The standard InChI is InChI=1S/C7H2Cl2FNS.C6H4Cl2FN/c8-5-1-4(10)2-6(9)7(5)11-3-12;7-4-1-3(9)2-5(8)6(4)10/h1-2H;1-2H,10H2. The van der Waals surface area contributed by atoms with Crippen LogP contribution in [-0.4, -0.2) is 5.16 Å². The lowest BCUT2D eigenvalue weighted by atomic mass is 10.3. The molecule has 2 aromatic rings. The van der Waals surface area contributed by atoms with Crippen LogP contribution in [-0.2, 0) is 0 Å². The molecule has 0 radical (unpaired) electrons. The third-order valence-corrected chi connectivity index (χ3v) is 3.48. The molecular formula is C13H6Cl4F2N2S. The van der Waals surface area contributed by atoms with E-state index in [1.165, 1.54) is 0 Å². The predicted octanol–water partition coefficient (Wildman–Crippen LogP) is 6.58. The first-order valence-electron chi connectivity index (χ1n) is 5.38. The van der Waals surface area contributed by atoms with Gasteiger partial charge >= 0.3 is 0 Å². The third kappa shape index (κ3) is 5.36. The Balaban J connectivity index is 0.000000224. The zero-order chi connectivity index (χ0) is 16.9. The normalized spacial score (nSPS) is 9.55. The van der Waals surface area contributed by atoms with Gasteiger partial charge < -0.3 is 5.73 Å². The Kier molecular flexibility index (Phi) is 7.49. The van der Waals surface area contributed by atoms with Crippen LogP contribution in [0, 0.1) is 11.6 Å². The molecule has 0 bridgehead atoms. The molecule has 0 aromatic heterocycles. The van der Waals surface area contributed by atoms with Gasteiger partial charge in [0.25, 0.3) is 0 Å². The van der Waals surface area contributed by atoms with Crippen molar-refractivity contribution in [2.24, 2.45) is 4.99 Å². The number of thiocarbonyl (C=S) groups is 1. The third-order valence-electron chi connectivity index (χ3n) is 2.18. The molecule has 0 aliphatic heterocycles. The molecule has 22 heavy (non-hydrogen) atoms. The number of nitrogens with zero attached hydrogens (tertiary/aromatic N) is 1. The molecule has 0 saturated heterocycles. The fraction of sp³-hybridized carbons (Fsp3) is 0. The first kappa shape index (κ1) is 19.1. The number of nitrogen functional groups attached to an aromatic ring is 1. The van der Waals surface area contributed by atoms with Crippen LogP contribution in [0.2, 0.25) is 20.1 Å². The zero-order valence-corrected chi connectivity index (χ0v) is 14.4. The molecule has 0 heterocycles. The maximum absolute atomic E-state index is 12.6. The number of aliphatic imine (C=N–C) groups is 1. The van der Waals surface area contributed by atoms with Crippen molar-refractivity contribution >= 4 is 75.2 Å². The van der Waals surface area contributed by atoms with E-state index < -0.39 is 11.6 Å². The highest BCUT2D eigenvalue weighted by atomic mass is 35.5. The van der Waals surface area contributed by atoms with Crippen molar-refractivity contribution in [1.82, 2.24) is 0 Å². The van der Waals surface area contributed by atoms with E-state index in [0.29, 0.717) is 0 Å². The maximum atomic E-state index is 12.6. The lowest BCUT2D eigenvalue weighted by molar-refractivity contribution is 0.627. The number of nitrogens with two attached hydrogens (primary N) is 1. The van der Waals surface area contributed by atoms with Gasteiger partial charge in [-0.05, 0) is 36.5 Å². The Bertz CT molecular complexity index is 703. The minimum atomic E-state index is -0.506. The van der Waals surface area contributed by atoms with E-state index in [0.717, 1.165) is 24.3 Å². The second kappa shape index (κ2) is 8.63. The number of rotatable bonds is 1. The van der Waals surface area contributed by atoms with E-state index in [2.05, 4.69) is 22.4 Å². The highest BCUT2D eigenvalue weighted by molar-refractivity contribution is 7.78. The Labute approximate surface area is 150 Å². The van der Waals surface area contributed by atoms with Gasteiger partial charge in [0, 0.05) is 0 Å². The summed E-state index contributed by atoms with van der Waals surface area (Å²) >= 11 is 26.5. The van der Waals surface area contributed by atoms with E-state index >= 15 is 0 Å². The van der Waals surface area contributed by atoms with Crippen LogP contribution in [0.4, 0.5) is 20.2 Å². The molecule has 2 aromatic carbocycles. The number of halogens is 6. The molecule has 9 heteroatoms. The average Bonchev–Trinajstić information content (AvgIpc) is 2.40. The molecule has 0 aliphatic rings. The molecule has 0 aliphatic carbocycles. The Morgan fingerprint density at radius 2 is 1.23 bits per heavy atom. The maximum Gasteiger partial charge on any atom is 0.126 e. The summed E-state index contributed by atoms with van der Waals surface area (Å²) in [7, 11) is 0. The molecule has 0 spiro atoms. The van der Waals surface area contributed by atoms with Crippen molar-refractivity contribution in [2.75, 3.05) is 5.73 Å². The van der Waals surface area contributed by atoms with Gasteiger partial charge in [0.05, 0.1) is 30.9 Å². The Morgan fingerprint density at radius 3 is 1.59 bits per heavy atom. The second-order valence-corrected chi connectivity index (χ2v) is 5.52. The van der Waals surface area contributed by atoms with Gasteiger partial charge in [-0.25, -0.2) is 8.78 Å².